The third-order valence-electron chi connectivity index (χ3n) is 4.95. The van der Waals surface area contributed by atoms with E-state index >= 15 is 0 Å². The third-order valence-corrected chi connectivity index (χ3v) is 4.95. The number of likely N-dealkylation sites (tertiary alicyclic amines) is 1. The summed E-state index contributed by atoms with van der Waals surface area (Å²) in [6.45, 7) is 3.96. The number of nitrogens with two attached hydrogens (primary N) is 1. The van der Waals surface area contributed by atoms with E-state index in [4.69, 9.17) is 10.5 Å². The number of halogens is 1. The first-order chi connectivity index (χ1) is 12.2. The average molecular weight is 375 g/mol. The number of amides is 1. The normalized spacial score (nSPS) is 19.5. The van der Waals surface area contributed by atoms with Crippen molar-refractivity contribution >= 4 is 18.3 Å². The Morgan fingerprint density at radius 3 is 2.69 bits per heavy atom. The second kappa shape index (κ2) is 9.60. The average Bonchev–Trinajstić information content (AvgIpc) is 2.66. The predicted octanol–water partition coefficient (Wildman–Crippen LogP) is 3.89. The van der Waals surface area contributed by atoms with Crippen molar-refractivity contribution in [1.29, 1.82) is 0 Å². The molecule has 1 aliphatic rings. The fraction of sp³-hybridized carbons (Fsp3) is 0.381. The van der Waals surface area contributed by atoms with Crippen LogP contribution in [0.15, 0.2) is 54.6 Å². The molecule has 0 bridgehead atoms. The number of nitrogens with zero attached hydrogens (tertiary/aromatic N) is 1. The highest BCUT2D eigenvalue weighted by Crippen LogP contribution is 2.25. The summed E-state index contributed by atoms with van der Waals surface area (Å²) in [4.78, 5) is 14.9. The molecule has 1 fully saturated rings. The Morgan fingerprint density at radius 2 is 1.96 bits per heavy atom. The molecule has 4 nitrogen and oxygen atoms in total. The lowest BCUT2D eigenvalue weighted by molar-refractivity contribution is 0.0532. The summed E-state index contributed by atoms with van der Waals surface area (Å²) >= 11 is 0. The van der Waals surface area contributed by atoms with Crippen LogP contribution in [-0.4, -0.2) is 29.9 Å². The summed E-state index contributed by atoms with van der Waals surface area (Å²) in [7, 11) is 0. The molecule has 5 heteroatoms. The van der Waals surface area contributed by atoms with Gasteiger partial charge in [0.25, 0.3) is 5.91 Å². The molecule has 2 atom stereocenters. The molecule has 0 aliphatic carbocycles. The molecule has 2 N–H and O–H groups in total. The Labute approximate surface area is 161 Å². The van der Waals surface area contributed by atoms with Gasteiger partial charge in [-0.15, -0.1) is 12.4 Å². The van der Waals surface area contributed by atoms with Crippen LogP contribution in [0.5, 0.6) is 5.75 Å². The third kappa shape index (κ3) is 4.77. The lowest BCUT2D eigenvalue weighted by atomic mass is 9.90. The standard InChI is InChI=1S/C21H26N2O2.ClH/c1-16-7-6-12-23(20(16)14-22)21(24)18-10-5-11-19(13-18)25-15-17-8-3-2-4-9-17;/h2-5,8-11,13,16,20H,6-7,12,14-15,22H2,1H3;1H. The van der Waals surface area contributed by atoms with E-state index < -0.39 is 0 Å². The van der Waals surface area contributed by atoms with Gasteiger partial charge >= 0.3 is 0 Å². The number of benzene rings is 2. The molecular formula is C21H27ClN2O2. The maximum absolute atomic E-state index is 13.0. The number of carbonyl (C=O) groups is 1. The van der Waals surface area contributed by atoms with E-state index in [9.17, 15) is 4.79 Å². The molecule has 0 radical (unpaired) electrons. The second-order valence-electron chi connectivity index (χ2n) is 6.72. The number of hydrogen-bond acceptors (Lipinski definition) is 3. The molecule has 3 rings (SSSR count). The first-order valence-corrected chi connectivity index (χ1v) is 8.97. The Morgan fingerprint density at radius 1 is 1.19 bits per heavy atom. The molecule has 1 aliphatic heterocycles. The fourth-order valence-electron chi connectivity index (χ4n) is 3.49. The molecule has 0 aromatic heterocycles. The smallest absolute Gasteiger partial charge is 0.254 e. The van der Waals surface area contributed by atoms with Crippen molar-refractivity contribution in [3.05, 3.63) is 65.7 Å². The molecule has 2 unspecified atom stereocenters. The molecule has 140 valence electrons. The largest absolute Gasteiger partial charge is 0.489 e. The van der Waals surface area contributed by atoms with E-state index in [2.05, 4.69) is 6.92 Å². The molecule has 26 heavy (non-hydrogen) atoms. The zero-order valence-electron chi connectivity index (χ0n) is 15.1. The number of hydrogen-bond donors (Lipinski definition) is 1. The molecule has 0 saturated carbocycles. The van der Waals surface area contributed by atoms with Crippen LogP contribution in [0.1, 0.15) is 35.7 Å². The highest BCUT2D eigenvalue weighted by Gasteiger charge is 2.31. The highest BCUT2D eigenvalue weighted by molar-refractivity contribution is 5.95. The van der Waals surface area contributed by atoms with Crippen LogP contribution in [-0.2, 0) is 6.61 Å². The van der Waals surface area contributed by atoms with Crippen LogP contribution in [0.4, 0.5) is 0 Å². The molecular weight excluding hydrogens is 348 g/mol. The van der Waals surface area contributed by atoms with Gasteiger partial charge in [0, 0.05) is 24.7 Å². The van der Waals surface area contributed by atoms with Crippen LogP contribution in [0.3, 0.4) is 0 Å². The SMILES string of the molecule is CC1CCCN(C(=O)c2cccc(OCc3ccccc3)c2)C1CN.Cl. The summed E-state index contributed by atoms with van der Waals surface area (Å²) in [6, 6.07) is 17.6. The molecule has 2 aromatic carbocycles. The monoisotopic (exact) mass is 374 g/mol. The maximum Gasteiger partial charge on any atom is 0.254 e. The molecule has 0 spiro atoms. The lowest BCUT2D eigenvalue weighted by Gasteiger charge is -2.39. The minimum Gasteiger partial charge on any atom is -0.489 e. The van der Waals surface area contributed by atoms with Gasteiger partial charge in [-0.3, -0.25) is 4.79 Å². The van der Waals surface area contributed by atoms with Gasteiger partial charge in [-0.05, 0) is 42.5 Å². The van der Waals surface area contributed by atoms with Crippen molar-refractivity contribution in [2.45, 2.75) is 32.4 Å². The zero-order valence-corrected chi connectivity index (χ0v) is 16.0. The molecule has 1 amide bonds. The van der Waals surface area contributed by atoms with Gasteiger partial charge in [-0.25, -0.2) is 0 Å². The van der Waals surface area contributed by atoms with Gasteiger partial charge in [0.2, 0.25) is 0 Å². The van der Waals surface area contributed by atoms with Crippen LogP contribution < -0.4 is 10.5 Å². The quantitative estimate of drug-likeness (QED) is 0.863. The first kappa shape index (κ1) is 20.3. The van der Waals surface area contributed by atoms with Gasteiger partial charge in [0.15, 0.2) is 0 Å². The molecule has 1 saturated heterocycles. The van der Waals surface area contributed by atoms with Gasteiger partial charge in [-0.2, -0.15) is 0 Å². The van der Waals surface area contributed by atoms with Gasteiger partial charge in [-0.1, -0.05) is 43.3 Å². The van der Waals surface area contributed by atoms with Crippen LogP contribution in [0.2, 0.25) is 0 Å². The second-order valence-corrected chi connectivity index (χ2v) is 6.72. The van der Waals surface area contributed by atoms with Crippen molar-refractivity contribution in [3.63, 3.8) is 0 Å². The van der Waals surface area contributed by atoms with Crippen LogP contribution in [0.25, 0.3) is 0 Å². The summed E-state index contributed by atoms with van der Waals surface area (Å²) in [5, 5.41) is 0. The predicted molar refractivity (Wildman–Crippen MR) is 107 cm³/mol. The van der Waals surface area contributed by atoms with E-state index in [1.807, 2.05) is 59.5 Å². The van der Waals surface area contributed by atoms with Gasteiger partial charge in [0.05, 0.1) is 0 Å². The van der Waals surface area contributed by atoms with E-state index in [1.54, 1.807) is 0 Å². The van der Waals surface area contributed by atoms with Gasteiger partial charge < -0.3 is 15.4 Å². The number of carbonyl (C=O) groups excluding carboxylic acids is 1. The maximum atomic E-state index is 13.0. The van der Waals surface area contributed by atoms with Crippen molar-refractivity contribution in [2.24, 2.45) is 11.7 Å². The van der Waals surface area contributed by atoms with E-state index in [0.717, 1.165) is 24.9 Å². The number of piperidine rings is 1. The van der Waals surface area contributed by atoms with Crippen LogP contribution >= 0.6 is 12.4 Å². The highest BCUT2D eigenvalue weighted by atomic mass is 35.5. The van der Waals surface area contributed by atoms with Crippen molar-refractivity contribution < 1.29 is 9.53 Å². The Hall–Kier alpha value is -2.04. The minimum absolute atomic E-state index is 0. The summed E-state index contributed by atoms with van der Waals surface area (Å²) in [5.74, 6) is 1.21. The van der Waals surface area contributed by atoms with E-state index in [1.165, 1.54) is 0 Å². The molecule has 2 aromatic rings. The van der Waals surface area contributed by atoms with E-state index in [0.29, 0.717) is 30.4 Å². The van der Waals surface area contributed by atoms with Crippen molar-refractivity contribution in [3.8, 4) is 5.75 Å². The first-order valence-electron chi connectivity index (χ1n) is 8.97. The minimum atomic E-state index is 0. The van der Waals surface area contributed by atoms with Crippen molar-refractivity contribution in [1.82, 2.24) is 4.90 Å². The summed E-state index contributed by atoms with van der Waals surface area (Å²) < 4.78 is 5.85. The van der Waals surface area contributed by atoms with E-state index in [-0.39, 0.29) is 24.4 Å². The Balaban J connectivity index is 0.00000243. The summed E-state index contributed by atoms with van der Waals surface area (Å²) in [5.41, 5.74) is 7.69. The number of rotatable bonds is 5. The molecule has 1 heterocycles. The zero-order chi connectivity index (χ0) is 17.6. The fourth-order valence-corrected chi connectivity index (χ4v) is 3.49. The van der Waals surface area contributed by atoms with Crippen LogP contribution in [0, 0.1) is 5.92 Å². The Kier molecular flexibility index (Phi) is 7.49. The topological polar surface area (TPSA) is 55.6 Å². The number of ether oxygens (including phenoxy) is 1. The lowest BCUT2D eigenvalue weighted by Crippen LogP contribution is -2.51. The van der Waals surface area contributed by atoms with Crippen molar-refractivity contribution in [2.75, 3.05) is 13.1 Å². The van der Waals surface area contributed by atoms with Gasteiger partial charge in [0.1, 0.15) is 12.4 Å². The summed E-state index contributed by atoms with van der Waals surface area (Å²) in [6.07, 6.45) is 2.17. The Bertz CT molecular complexity index is 708.